The average Bonchev–Trinajstić information content (AvgIpc) is 4.21. The number of fused-ring (bicyclic) bond motifs is 2. The third kappa shape index (κ3) is 11.8. The monoisotopic (exact) mass is 990 g/mol. The lowest BCUT2D eigenvalue weighted by molar-refractivity contribution is 0.452. The number of unbranched alkanes of at least 4 members (excludes halogenated alkanes) is 8. The van der Waals surface area contributed by atoms with Crippen molar-refractivity contribution in [3.05, 3.63) is 80.2 Å². The fraction of sp³-hybridized carbons (Fsp3) is 0.500. The Labute approximate surface area is 419 Å². The van der Waals surface area contributed by atoms with E-state index in [1.165, 1.54) is 187 Å². The molecule has 350 valence electrons. The van der Waals surface area contributed by atoms with Gasteiger partial charge in [0.15, 0.2) is 0 Å². The van der Waals surface area contributed by atoms with Crippen molar-refractivity contribution in [1.82, 2.24) is 20.4 Å². The van der Waals surface area contributed by atoms with Gasteiger partial charge in [0.1, 0.15) is 0 Å². The van der Waals surface area contributed by atoms with Crippen molar-refractivity contribution in [2.24, 2.45) is 11.8 Å². The number of rotatable bonds is 27. The molecule has 8 rings (SSSR count). The quantitative estimate of drug-likeness (QED) is 0.0482. The Morgan fingerprint density at radius 2 is 1.06 bits per heavy atom. The molecule has 0 aliphatic heterocycles. The Bertz CT molecular complexity index is 2610. The van der Waals surface area contributed by atoms with E-state index in [9.17, 15) is 0 Å². The molecule has 7 heterocycles. The molecule has 7 aromatic heterocycles. The first-order chi connectivity index (χ1) is 32.4. The molecule has 2 unspecified atom stereocenters. The average molecular weight is 992 g/mol. The Balaban J connectivity index is 1.21. The summed E-state index contributed by atoms with van der Waals surface area (Å²) >= 11 is 11.5. The van der Waals surface area contributed by atoms with Gasteiger partial charge in [-0.25, -0.2) is 0 Å². The number of hydrogen-bond donors (Lipinski definition) is 0. The number of thiophene rings is 6. The van der Waals surface area contributed by atoms with E-state index in [1.54, 1.807) is 11.3 Å². The summed E-state index contributed by atoms with van der Waals surface area (Å²) in [6.45, 7) is 14.0. The Kier molecular flexibility index (Phi) is 18.3. The molecular weight excluding hydrogens is 921 g/mol. The molecule has 0 saturated heterocycles. The van der Waals surface area contributed by atoms with Crippen LogP contribution in [0.3, 0.4) is 0 Å². The van der Waals surface area contributed by atoms with Crippen LogP contribution < -0.4 is 0 Å². The lowest BCUT2D eigenvalue weighted by Gasteiger charge is -2.13. The van der Waals surface area contributed by atoms with Gasteiger partial charge >= 0.3 is 0 Å². The predicted molar refractivity (Wildman–Crippen MR) is 297 cm³/mol. The van der Waals surface area contributed by atoms with Gasteiger partial charge < -0.3 is 0 Å². The van der Waals surface area contributed by atoms with Crippen molar-refractivity contribution in [2.75, 3.05) is 0 Å². The molecule has 0 radical (unpaired) electrons. The smallest absolute Gasteiger partial charge is 0.143 e. The van der Waals surface area contributed by atoms with Gasteiger partial charge in [0.25, 0.3) is 0 Å². The molecule has 0 fully saturated rings. The van der Waals surface area contributed by atoms with Crippen molar-refractivity contribution in [1.29, 1.82) is 0 Å². The number of nitrogens with zero attached hydrogens (tertiary/aromatic N) is 4. The largest absolute Gasteiger partial charge is 0.213 e. The van der Waals surface area contributed by atoms with Crippen molar-refractivity contribution >= 4 is 88.2 Å². The van der Waals surface area contributed by atoms with E-state index in [0.29, 0.717) is 11.6 Å². The fourth-order valence-electron chi connectivity index (χ4n) is 9.49. The standard InChI is InChI=1S/C56H70N4S6/c1-7-13-17-19-23-39-33-48(62-36-39)55-57-59-56(60-58-55)49-34-40(24-20-18-14-8-2)52(66-49)47-35-44-51(46-28-26-42(64-46)32-38(12-6)22-16-10-4)53-43(29-30-61-53)50(54(44)65-47)45-27-25-41(63-45)31-37(11-5)21-15-9-3/h25-30,33-38H,7-24,31-32H2,1-6H3. The van der Waals surface area contributed by atoms with Crippen LogP contribution in [0.1, 0.15) is 165 Å². The zero-order valence-corrected chi connectivity index (χ0v) is 45.2. The maximum Gasteiger partial charge on any atom is 0.213 e. The van der Waals surface area contributed by atoms with E-state index in [1.807, 2.05) is 56.7 Å². The minimum absolute atomic E-state index is 0.620. The Morgan fingerprint density at radius 3 is 1.67 bits per heavy atom. The summed E-state index contributed by atoms with van der Waals surface area (Å²) < 4.78 is 2.84. The van der Waals surface area contributed by atoms with Gasteiger partial charge in [-0.3, -0.25) is 0 Å². The summed E-state index contributed by atoms with van der Waals surface area (Å²) in [6.07, 6.45) is 24.8. The molecule has 4 nitrogen and oxygen atoms in total. The zero-order valence-electron chi connectivity index (χ0n) is 40.3. The normalized spacial score (nSPS) is 12.9. The number of hydrogen-bond acceptors (Lipinski definition) is 10. The highest BCUT2D eigenvalue weighted by Crippen LogP contribution is 2.54. The Morgan fingerprint density at radius 1 is 0.470 bits per heavy atom. The van der Waals surface area contributed by atoms with Gasteiger partial charge in [0, 0.05) is 60.6 Å². The van der Waals surface area contributed by atoms with Crippen LogP contribution in [0.5, 0.6) is 0 Å². The Hall–Kier alpha value is -3.12. The van der Waals surface area contributed by atoms with Gasteiger partial charge in [-0.2, -0.15) is 0 Å². The molecule has 0 aliphatic rings. The summed E-state index contributed by atoms with van der Waals surface area (Å²) in [6, 6.07) is 19.3. The molecule has 10 heteroatoms. The molecule has 66 heavy (non-hydrogen) atoms. The molecular formula is C56H70N4S6. The summed E-state index contributed by atoms with van der Waals surface area (Å²) in [5.41, 5.74) is 5.61. The highest BCUT2D eigenvalue weighted by atomic mass is 32.1. The van der Waals surface area contributed by atoms with E-state index in [4.69, 9.17) is 10.2 Å². The van der Waals surface area contributed by atoms with Crippen molar-refractivity contribution in [3.63, 3.8) is 0 Å². The first-order valence-electron chi connectivity index (χ1n) is 25.4. The van der Waals surface area contributed by atoms with Gasteiger partial charge in [0.05, 0.1) is 9.75 Å². The van der Waals surface area contributed by atoms with Crippen molar-refractivity contribution < 1.29 is 0 Å². The second kappa shape index (κ2) is 24.4. The molecule has 0 saturated carbocycles. The van der Waals surface area contributed by atoms with E-state index < -0.39 is 0 Å². The van der Waals surface area contributed by atoms with Crippen LogP contribution >= 0.6 is 68.0 Å². The molecule has 0 amide bonds. The van der Waals surface area contributed by atoms with Gasteiger partial charge in [0.2, 0.25) is 11.6 Å². The van der Waals surface area contributed by atoms with Gasteiger partial charge in [-0.1, -0.05) is 131 Å². The second-order valence-electron chi connectivity index (χ2n) is 18.5. The van der Waals surface area contributed by atoms with Crippen LogP contribution in [0.15, 0.2) is 59.3 Å². The molecule has 0 aliphatic carbocycles. The SMILES string of the molecule is CCCCCCc1csc(-c2nnc(-c3cc(CCCCCC)c(-c4cc5c(-c6ccc(CC(CC)CCCC)s6)c6sccc6c(-c6ccc(CC(CC)CCCC)s6)c5s4)s3)nn2)c1. The summed E-state index contributed by atoms with van der Waals surface area (Å²) in [5, 5.41) is 26.2. The molecule has 0 bridgehead atoms. The highest BCUT2D eigenvalue weighted by molar-refractivity contribution is 7.28. The zero-order chi connectivity index (χ0) is 45.8. The maximum atomic E-state index is 4.75. The van der Waals surface area contributed by atoms with Crippen LogP contribution in [0.2, 0.25) is 0 Å². The van der Waals surface area contributed by atoms with E-state index in [-0.39, 0.29) is 0 Å². The molecule has 0 N–H and O–H groups in total. The van der Waals surface area contributed by atoms with Crippen LogP contribution in [-0.2, 0) is 25.7 Å². The van der Waals surface area contributed by atoms with Crippen molar-refractivity contribution in [2.45, 2.75) is 170 Å². The minimum Gasteiger partial charge on any atom is -0.143 e. The third-order valence-electron chi connectivity index (χ3n) is 13.5. The molecule has 1 aromatic carbocycles. The fourth-order valence-corrected chi connectivity index (χ4v) is 16.3. The minimum atomic E-state index is 0.620. The highest BCUT2D eigenvalue weighted by Gasteiger charge is 2.25. The van der Waals surface area contributed by atoms with E-state index >= 15 is 0 Å². The first-order valence-corrected chi connectivity index (χ1v) is 30.4. The van der Waals surface area contributed by atoms with Gasteiger partial charge in [-0.15, -0.1) is 88.4 Å². The number of benzene rings is 1. The summed E-state index contributed by atoms with van der Waals surface area (Å²) in [7, 11) is 0. The topological polar surface area (TPSA) is 51.6 Å². The van der Waals surface area contributed by atoms with Crippen LogP contribution in [0.4, 0.5) is 0 Å². The summed E-state index contributed by atoms with van der Waals surface area (Å²) in [4.78, 5) is 10.7. The predicted octanol–water partition coefficient (Wildman–Crippen LogP) is 20.0. The van der Waals surface area contributed by atoms with E-state index in [0.717, 1.165) is 34.4 Å². The third-order valence-corrected chi connectivity index (χ3v) is 20.2. The van der Waals surface area contributed by atoms with Crippen LogP contribution in [0.25, 0.3) is 72.2 Å². The number of aryl methyl sites for hydroxylation is 2. The van der Waals surface area contributed by atoms with Gasteiger partial charge in [-0.05, 0) is 121 Å². The second-order valence-corrected chi connectivity index (χ2v) is 24.8. The van der Waals surface area contributed by atoms with E-state index in [2.05, 4.69) is 111 Å². The summed E-state index contributed by atoms with van der Waals surface area (Å²) in [5.74, 6) is 2.74. The van der Waals surface area contributed by atoms with Crippen LogP contribution in [-0.4, -0.2) is 20.4 Å². The van der Waals surface area contributed by atoms with Crippen molar-refractivity contribution in [3.8, 4) is 52.0 Å². The lowest BCUT2D eigenvalue weighted by atomic mass is 9.95. The molecule has 2 atom stereocenters. The molecule has 8 aromatic rings. The lowest BCUT2D eigenvalue weighted by Crippen LogP contribution is -2.01. The number of aromatic nitrogens is 4. The first kappa shape index (κ1) is 49.3. The molecule has 0 spiro atoms. The maximum absolute atomic E-state index is 4.75. The van der Waals surface area contributed by atoms with Crippen LogP contribution in [0, 0.1) is 11.8 Å².